The summed E-state index contributed by atoms with van der Waals surface area (Å²) in [6.45, 7) is 0. The summed E-state index contributed by atoms with van der Waals surface area (Å²) in [5, 5.41) is 16.6. The number of hydrogen-bond donors (Lipinski definition) is 1. The highest BCUT2D eigenvalue weighted by Gasteiger charge is 2.04. The van der Waals surface area contributed by atoms with Crippen LogP contribution in [0.5, 0.6) is 0 Å². The van der Waals surface area contributed by atoms with Crippen LogP contribution in [-0.4, -0.2) is 11.0 Å². The third kappa shape index (κ3) is 3.35. The molecule has 2 rings (SSSR count). The first-order valence-corrected chi connectivity index (χ1v) is 6.54. The van der Waals surface area contributed by atoms with Gasteiger partial charge in [-0.2, -0.15) is 0 Å². The van der Waals surface area contributed by atoms with Crippen LogP contribution in [0.25, 0.3) is 0 Å². The van der Waals surface area contributed by atoms with E-state index in [2.05, 4.69) is 10.3 Å². The summed E-state index contributed by atoms with van der Waals surface area (Å²) in [6.07, 6.45) is -0.195. The number of halogens is 2. The summed E-state index contributed by atoms with van der Waals surface area (Å²) in [4.78, 5) is 14.5. The smallest absolute Gasteiger partial charge is 0.187 e. The highest BCUT2D eigenvalue weighted by Crippen LogP contribution is 2.28. The molecule has 0 fully saturated rings. The van der Waals surface area contributed by atoms with Gasteiger partial charge in [-0.1, -0.05) is 23.2 Å². The van der Waals surface area contributed by atoms with Crippen molar-refractivity contribution in [2.24, 2.45) is 0 Å². The fraction of sp³-hybridized carbons (Fsp3) is 0.0909. The molecule has 0 spiro atoms. The van der Waals surface area contributed by atoms with E-state index in [-0.39, 0.29) is 6.42 Å². The van der Waals surface area contributed by atoms with Gasteiger partial charge in [0.15, 0.2) is 5.13 Å². The van der Waals surface area contributed by atoms with E-state index in [0.717, 1.165) is 5.69 Å². The Morgan fingerprint density at radius 3 is 2.83 bits per heavy atom. The Hall–Kier alpha value is -1.30. The minimum absolute atomic E-state index is 0.195. The molecule has 0 aliphatic rings. The maximum absolute atomic E-state index is 10.4. The van der Waals surface area contributed by atoms with Crippen LogP contribution in [0.2, 0.25) is 10.0 Å². The Kier molecular flexibility index (Phi) is 4.06. The van der Waals surface area contributed by atoms with E-state index in [0.29, 0.717) is 20.9 Å². The van der Waals surface area contributed by atoms with Crippen LogP contribution < -0.4 is 10.4 Å². The standard InChI is InChI=1S/C11H8Cl2N2O2S/c12-8-2-1-6(3-9(8)13)14-11-15-7(5-18-11)4-10(16)17/h1-3,5H,4H2,(H,14,15)(H,16,17)/p-1. The van der Waals surface area contributed by atoms with E-state index in [1.165, 1.54) is 11.3 Å². The maximum atomic E-state index is 10.4. The van der Waals surface area contributed by atoms with Crippen LogP contribution >= 0.6 is 34.5 Å². The molecule has 1 aromatic carbocycles. The summed E-state index contributed by atoms with van der Waals surface area (Å²) in [5.41, 5.74) is 1.20. The number of rotatable bonds is 4. The molecule has 0 unspecified atom stereocenters. The number of anilines is 2. The van der Waals surface area contributed by atoms with E-state index >= 15 is 0 Å². The lowest BCUT2D eigenvalue weighted by atomic mass is 10.3. The second-order valence-electron chi connectivity index (χ2n) is 3.45. The van der Waals surface area contributed by atoms with Crippen molar-refractivity contribution in [1.82, 2.24) is 4.98 Å². The largest absolute Gasteiger partial charge is 0.550 e. The van der Waals surface area contributed by atoms with Crippen LogP contribution in [0, 0.1) is 0 Å². The Morgan fingerprint density at radius 1 is 1.39 bits per heavy atom. The van der Waals surface area contributed by atoms with Crippen LogP contribution in [0.3, 0.4) is 0 Å². The highest BCUT2D eigenvalue weighted by atomic mass is 35.5. The lowest BCUT2D eigenvalue weighted by molar-refractivity contribution is -0.304. The second-order valence-corrected chi connectivity index (χ2v) is 5.12. The molecule has 7 heteroatoms. The number of carboxylic acids is 1. The molecule has 0 aliphatic carbocycles. The number of thiazole rings is 1. The zero-order chi connectivity index (χ0) is 13.1. The van der Waals surface area contributed by atoms with E-state index in [1.807, 2.05) is 0 Å². The van der Waals surface area contributed by atoms with E-state index in [4.69, 9.17) is 23.2 Å². The minimum Gasteiger partial charge on any atom is -0.550 e. The summed E-state index contributed by atoms with van der Waals surface area (Å²) in [5.74, 6) is -1.15. The van der Waals surface area contributed by atoms with Crippen molar-refractivity contribution in [1.29, 1.82) is 0 Å². The Bertz CT molecular complexity index is 586. The number of nitrogens with zero attached hydrogens (tertiary/aromatic N) is 1. The molecule has 4 nitrogen and oxygen atoms in total. The van der Waals surface area contributed by atoms with Crippen molar-refractivity contribution >= 4 is 51.3 Å². The number of aliphatic carboxylic acids is 1. The molecule has 1 aromatic heterocycles. The molecule has 1 heterocycles. The SMILES string of the molecule is O=C([O-])Cc1csc(Nc2ccc(Cl)c(Cl)c2)n1. The van der Waals surface area contributed by atoms with Crippen LogP contribution in [0.1, 0.15) is 5.69 Å². The molecule has 0 aliphatic heterocycles. The van der Waals surface area contributed by atoms with Crippen molar-refractivity contribution in [2.45, 2.75) is 6.42 Å². The quantitative estimate of drug-likeness (QED) is 0.942. The predicted octanol–water partition coefficient (Wildman–Crippen LogP) is 2.49. The van der Waals surface area contributed by atoms with Crippen molar-refractivity contribution in [3.8, 4) is 0 Å². The zero-order valence-electron chi connectivity index (χ0n) is 8.94. The van der Waals surface area contributed by atoms with Crippen molar-refractivity contribution in [2.75, 3.05) is 5.32 Å². The van der Waals surface area contributed by atoms with Gasteiger partial charge < -0.3 is 15.2 Å². The third-order valence-corrected chi connectivity index (χ3v) is 3.59. The predicted molar refractivity (Wildman–Crippen MR) is 70.6 cm³/mol. The molecular weight excluding hydrogens is 295 g/mol. The number of carboxylic acid groups (broad SMARTS) is 1. The van der Waals surface area contributed by atoms with Gasteiger partial charge in [-0.3, -0.25) is 0 Å². The molecule has 18 heavy (non-hydrogen) atoms. The molecule has 94 valence electrons. The Balaban J connectivity index is 2.11. The molecule has 0 bridgehead atoms. The average molecular weight is 302 g/mol. The van der Waals surface area contributed by atoms with Crippen LogP contribution in [-0.2, 0) is 11.2 Å². The van der Waals surface area contributed by atoms with Gasteiger partial charge in [0.2, 0.25) is 0 Å². The van der Waals surface area contributed by atoms with Gasteiger partial charge >= 0.3 is 0 Å². The number of aromatic nitrogens is 1. The van der Waals surface area contributed by atoms with E-state index < -0.39 is 5.97 Å². The number of hydrogen-bond acceptors (Lipinski definition) is 5. The summed E-state index contributed by atoms with van der Waals surface area (Å²) < 4.78 is 0. The zero-order valence-corrected chi connectivity index (χ0v) is 11.3. The Morgan fingerprint density at radius 2 is 2.17 bits per heavy atom. The third-order valence-electron chi connectivity index (χ3n) is 2.05. The van der Waals surface area contributed by atoms with Crippen molar-refractivity contribution in [3.63, 3.8) is 0 Å². The topological polar surface area (TPSA) is 65.0 Å². The molecule has 0 amide bonds. The molecule has 0 radical (unpaired) electrons. The van der Waals surface area contributed by atoms with Gasteiger partial charge in [0.05, 0.1) is 15.7 Å². The monoisotopic (exact) mass is 301 g/mol. The fourth-order valence-corrected chi connectivity index (χ4v) is 2.32. The maximum Gasteiger partial charge on any atom is 0.187 e. The normalized spacial score (nSPS) is 10.3. The van der Waals surface area contributed by atoms with Crippen LogP contribution in [0.15, 0.2) is 23.6 Å². The summed E-state index contributed by atoms with van der Waals surface area (Å²) in [6, 6.07) is 5.10. The molecule has 2 aromatic rings. The first kappa shape index (κ1) is 13.1. The van der Waals surface area contributed by atoms with Crippen molar-refractivity contribution in [3.05, 3.63) is 39.3 Å². The molecule has 0 atom stereocenters. The lowest BCUT2D eigenvalue weighted by Gasteiger charge is -2.03. The molecule has 1 N–H and O–H groups in total. The van der Waals surface area contributed by atoms with Gasteiger partial charge in [-0.05, 0) is 18.2 Å². The van der Waals surface area contributed by atoms with E-state index in [1.54, 1.807) is 23.6 Å². The van der Waals surface area contributed by atoms with Gasteiger partial charge in [-0.25, -0.2) is 4.98 Å². The van der Waals surface area contributed by atoms with Gasteiger partial charge in [0.25, 0.3) is 0 Å². The molecule has 0 saturated carbocycles. The van der Waals surface area contributed by atoms with Gasteiger partial charge in [0.1, 0.15) is 0 Å². The second kappa shape index (κ2) is 5.56. The number of carbonyl (C=O) groups excluding carboxylic acids is 1. The van der Waals surface area contributed by atoms with Crippen LogP contribution in [0.4, 0.5) is 10.8 Å². The number of benzene rings is 1. The number of nitrogens with one attached hydrogen (secondary N) is 1. The summed E-state index contributed by atoms with van der Waals surface area (Å²) in [7, 11) is 0. The van der Waals surface area contributed by atoms with E-state index in [9.17, 15) is 9.90 Å². The van der Waals surface area contributed by atoms with Crippen molar-refractivity contribution < 1.29 is 9.90 Å². The fourth-order valence-electron chi connectivity index (χ4n) is 1.29. The summed E-state index contributed by atoms with van der Waals surface area (Å²) >= 11 is 13.0. The molecular formula is C11H7Cl2N2O2S-. The highest BCUT2D eigenvalue weighted by molar-refractivity contribution is 7.13. The lowest BCUT2D eigenvalue weighted by Crippen LogP contribution is -2.24. The van der Waals surface area contributed by atoms with Gasteiger partial charge in [-0.15, -0.1) is 11.3 Å². The first-order valence-electron chi connectivity index (χ1n) is 4.91. The average Bonchev–Trinajstić information content (AvgIpc) is 2.70. The first-order chi connectivity index (χ1) is 8.54. The molecule has 0 saturated heterocycles. The Labute approximate surface area is 117 Å². The van der Waals surface area contributed by atoms with Gasteiger partial charge in [0, 0.05) is 23.5 Å². The number of carbonyl (C=O) groups is 1. The minimum atomic E-state index is -1.15.